The predicted molar refractivity (Wildman–Crippen MR) is 95.0 cm³/mol. The van der Waals surface area contributed by atoms with Gasteiger partial charge in [0, 0.05) is 65.2 Å². The highest BCUT2D eigenvalue weighted by Crippen LogP contribution is 2.39. The molecule has 142 valence electrons. The number of β-amino-alcohol motifs (C(OH)–C–C–N with tert-alkyl or cyclic N) is 1. The number of nitrogens with one attached hydrogen (secondary N) is 1. The molecule has 3 fully saturated rings. The molecule has 0 unspecified atom stereocenters. The second kappa shape index (κ2) is 7.21. The molecule has 0 aromatic heterocycles. The minimum Gasteiger partial charge on any atom is -0.392 e. The fourth-order valence-corrected chi connectivity index (χ4v) is 4.80. The van der Waals surface area contributed by atoms with Gasteiger partial charge in [-0.2, -0.15) is 0 Å². The first-order valence-electron chi connectivity index (χ1n) is 9.48. The highest BCUT2D eigenvalue weighted by Gasteiger charge is 2.56. The predicted octanol–water partition coefficient (Wildman–Crippen LogP) is -0.500. The van der Waals surface area contributed by atoms with Crippen molar-refractivity contribution in [1.82, 2.24) is 20.0 Å². The molecule has 0 saturated carbocycles. The monoisotopic (exact) mass is 352 g/mol. The maximum absolute atomic E-state index is 12.3. The van der Waals surface area contributed by atoms with Gasteiger partial charge in [0.2, 0.25) is 11.8 Å². The summed E-state index contributed by atoms with van der Waals surface area (Å²) in [5, 5.41) is 12.8. The molecule has 0 aromatic rings. The van der Waals surface area contributed by atoms with Gasteiger partial charge in [0.25, 0.3) is 0 Å². The number of aliphatic hydroxyl groups is 1. The van der Waals surface area contributed by atoms with E-state index < -0.39 is 0 Å². The second-order valence-corrected chi connectivity index (χ2v) is 8.49. The van der Waals surface area contributed by atoms with Crippen molar-refractivity contribution in [1.29, 1.82) is 0 Å². The molecule has 25 heavy (non-hydrogen) atoms. The Morgan fingerprint density at radius 1 is 1.24 bits per heavy atom. The summed E-state index contributed by atoms with van der Waals surface area (Å²) in [6.45, 7) is 11.6. The van der Waals surface area contributed by atoms with Crippen molar-refractivity contribution >= 4 is 11.8 Å². The molecule has 3 heterocycles. The number of likely N-dealkylation sites (tertiary alicyclic amines) is 1. The lowest BCUT2D eigenvalue weighted by atomic mass is 9.83. The van der Waals surface area contributed by atoms with E-state index in [-0.39, 0.29) is 23.5 Å². The number of hydrogen-bond donors (Lipinski definition) is 2. The highest BCUT2D eigenvalue weighted by atomic mass is 16.3. The second-order valence-electron chi connectivity index (χ2n) is 8.49. The van der Waals surface area contributed by atoms with Crippen molar-refractivity contribution in [2.24, 2.45) is 5.92 Å². The number of nitrogens with zero attached hydrogens (tertiary/aromatic N) is 3. The first kappa shape index (κ1) is 18.6. The van der Waals surface area contributed by atoms with Gasteiger partial charge in [0.15, 0.2) is 0 Å². The molecule has 3 aliphatic heterocycles. The van der Waals surface area contributed by atoms with Crippen LogP contribution in [0.1, 0.15) is 33.6 Å². The molecule has 0 aliphatic carbocycles. The van der Waals surface area contributed by atoms with E-state index in [0.29, 0.717) is 24.9 Å². The maximum atomic E-state index is 12.3. The lowest BCUT2D eigenvalue weighted by molar-refractivity contribution is -0.156. The van der Waals surface area contributed by atoms with Crippen LogP contribution in [0.3, 0.4) is 0 Å². The molecule has 2 amide bonds. The lowest BCUT2D eigenvalue weighted by Crippen LogP contribution is -2.78. The summed E-state index contributed by atoms with van der Waals surface area (Å²) < 4.78 is 0. The Labute approximate surface area is 150 Å². The summed E-state index contributed by atoms with van der Waals surface area (Å²) in [5.74, 6) is 0.625. The van der Waals surface area contributed by atoms with E-state index in [1.54, 1.807) is 0 Å². The van der Waals surface area contributed by atoms with Crippen molar-refractivity contribution in [2.75, 3.05) is 45.8 Å². The standard InChI is InChI=1S/C18H32N4O3/c1-13(2)7-20-8-15-6-16(24)9-22(15)18(10-20)11-21(12-18)17(25)4-5-19-14(3)23/h13,15-16,24H,4-12H2,1-3H3,(H,19,23)/t15-,16+/m0/s1. The molecular formula is C18H32N4O3. The third-order valence-corrected chi connectivity index (χ3v) is 5.65. The van der Waals surface area contributed by atoms with E-state index in [2.05, 4.69) is 29.0 Å². The van der Waals surface area contributed by atoms with Crippen LogP contribution in [0, 0.1) is 5.92 Å². The Kier molecular flexibility index (Phi) is 5.37. The average molecular weight is 352 g/mol. The molecule has 3 aliphatic rings. The number of hydrogen-bond acceptors (Lipinski definition) is 5. The summed E-state index contributed by atoms with van der Waals surface area (Å²) >= 11 is 0. The van der Waals surface area contributed by atoms with Crippen molar-refractivity contribution < 1.29 is 14.7 Å². The van der Waals surface area contributed by atoms with Crippen LogP contribution in [0.15, 0.2) is 0 Å². The number of aliphatic hydroxyl groups excluding tert-OH is 1. The smallest absolute Gasteiger partial charge is 0.224 e. The van der Waals surface area contributed by atoms with Crippen LogP contribution in [0.25, 0.3) is 0 Å². The summed E-state index contributed by atoms with van der Waals surface area (Å²) in [6.07, 6.45) is 0.954. The molecule has 2 N–H and O–H groups in total. The van der Waals surface area contributed by atoms with Crippen LogP contribution in [0.2, 0.25) is 0 Å². The van der Waals surface area contributed by atoms with Gasteiger partial charge in [-0.05, 0) is 12.3 Å². The molecule has 0 bridgehead atoms. The minimum atomic E-state index is -0.245. The van der Waals surface area contributed by atoms with Crippen molar-refractivity contribution in [2.45, 2.75) is 51.3 Å². The number of carbonyl (C=O) groups excluding carboxylic acids is 2. The molecule has 0 radical (unpaired) electrons. The Hall–Kier alpha value is -1.18. The summed E-state index contributed by atoms with van der Waals surface area (Å²) in [7, 11) is 0. The highest BCUT2D eigenvalue weighted by molar-refractivity contribution is 5.79. The zero-order valence-electron chi connectivity index (χ0n) is 15.7. The van der Waals surface area contributed by atoms with Gasteiger partial charge >= 0.3 is 0 Å². The van der Waals surface area contributed by atoms with E-state index in [1.165, 1.54) is 6.92 Å². The Bertz CT molecular complexity index is 518. The topological polar surface area (TPSA) is 76.1 Å². The van der Waals surface area contributed by atoms with Crippen LogP contribution < -0.4 is 5.32 Å². The van der Waals surface area contributed by atoms with Crippen molar-refractivity contribution in [3.8, 4) is 0 Å². The Morgan fingerprint density at radius 2 is 1.96 bits per heavy atom. The van der Waals surface area contributed by atoms with E-state index >= 15 is 0 Å². The Balaban J connectivity index is 1.60. The summed E-state index contributed by atoms with van der Waals surface area (Å²) in [4.78, 5) is 30.2. The Morgan fingerprint density at radius 3 is 2.60 bits per heavy atom. The third-order valence-electron chi connectivity index (χ3n) is 5.65. The summed E-state index contributed by atoms with van der Waals surface area (Å²) in [6, 6.07) is 0.402. The molecule has 7 nitrogen and oxygen atoms in total. The van der Waals surface area contributed by atoms with Gasteiger partial charge in [-0.1, -0.05) is 13.8 Å². The van der Waals surface area contributed by atoms with Gasteiger partial charge in [0.05, 0.1) is 11.6 Å². The summed E-state index contributed by atoms with van der Waals surface area (Å²) in [5.41, 5.74) is -0.00104. The van der Waals surface area contributed by atoms with E-state index in [1.807, 2.05) is 4.90 Å². The van der Waals surface area contributed by atoms with Crippen molar-refractivity contribution in [3.63, 3.8) is 0 Å². The van der Waals surface area contributed by atoms with Gasteiger partial charge in [0.1, 0.15) is 0 Å². The zero-order chi connectivity index (χ0) is 18.2. The zero-order valence-corrected chi connectivity index (χ0v) is 15.7. The quantitative estimate of drug-likeness (QED) is 0.698. The molecular weight excluding hydrogens is 320 g/mol. The number of amides is 2. The first-order chi connectivity index (χ1) is 11.8. The van der Waals surface area contributed by atoms with Crippen LogP contribution in [-0.2, 0) is 9.59 Å². The van der Waals surface area contributed by atoms with E-state index in [4.69, 9.17) is 0 Å². The van der Waals surface area contributed by atoms with E-state index in [0.717, 1.165) is 45.7 Å². The van der Waals surface area contributed by atoms with E-state index in [9.17, 15) is 14.7 Å². The fraction of sp³-hybridized carbons (Fsp3) is 0.889. The van der Waals surface area contributed by atoms with Crippen molar-refractivity contribution in [3.05, 3.63) is 0 Å². The van der Waals surface area contributed by atoms with Gasteiger partial charge in [-0.25, -0.2) is 0 Å². The molecule has 3 rings (SSSR count). The SMILES string of the molecule is CC(=O)NCCC(=O)N1CC2(CN(CC(C)C)C[C@@H]3C[C@@H](O)CN32)C1. The van der Waals surface area contributed by atoms with Gasteiger partial charge in [-0.3, -0.25) is 19.4 Å². The first-order valence-corrected chi connectivity index (χ1v) is 9.48. The van der Waals surface area contributed by atoms with Crippen LogP contribution in [0.5, 0.6) is 0 Å². The maximum Gasteiger partial charge on any atom is 0.224 e. The number of rotatable bonds is 5. The van der Waals surface area contributed by atoms with Crippen LogP contribution >= 0.6 is 0 Å². The number of fused-ring (bicyclic) bond motifs is 2. The fourth-order valence-electron chi connectivity index (χ4n) is 4.80. The van der Waals surface area contributed by atoms with Gasteiger partial charge < -0.3 is 15.3 Å². The largest absolute Gasteiger partial charge is 0.392 e. The minimum absolute atomic E-state index is 0.00104. The normalized spacial score (nSPS) is 28.9. The van der Waals surface area contributed by atoms with Crippen LogP contribution in [0.4, 0.5) is 0 Å². The average Bonchev–Trinajstić information content (AvgIpc) is 2.83. The number of carbonyl (C=O) groups is 2. The third kappa shape index (κ3) is 3.99. The molecule has 7 heteroatoms. The lowest BCUT2D eigenvalue weighted by Gasteiger charge is -2.61. The molecule has 2 atom stereocenters. The molecule has 0 aromatic carbocycles. The molecule has 1 spiro atoms. The number of piperazine rings is 1. The van der Waals surface area contributed by atoms with Gasteiger partial charge in [-0.15, -0.1) is 0 Å². The molecule has 3 saturated heterocycles. The van der Waals surface area contributed by atoms with Crippen LogP contribution in [-0.4, -0.2) is 95.1 Å².